The van der Waals surface area contributed by atoms with Gasteiger partial charge in [-0.05, 0) is 38.5 Å². The Morgan fingerprint density at radius 3 is 1.65 bits per heavy atom. The monoisotopic (exact) mass is 378 g/mol. The highest BCUT2D eigenvalue weighted by molar-refractivity contribution is 5.73. The van der Waals surface area contributed by atoms with E-state index in [-0.39, 0.29) is 12.2 Å². The number of ether oxygens (including phenoxy) is 2. The Bertz CT molecular complexity index is 396. The van der Waals surface area contributed by atoms with Crippen molar-refractivity contribution in [3.05, 3.63) is 0 Å². The molecule has 2 saturated carbocycles. The lowest BCUT2D eigenvalue weighted by Gasteiger charge is -2.26. The molecule has 0 saturated heterocycles. The van der Waals surface area contributed by atoms with E-state index >= 15 is 0 Å². The molecule has 0 N–H and O–H groups in total. The Labute approximate surface area is 155 Å². The van der Waals surface area contributed by atoms with Crippen LogP contribution in [0.1, 0.15) is 89.9 Å². The molecule has 0 aromatic heterocycles. The summed E-state index contributed by atoms with van der Waals surface area (Å²) < 4.78 is 51.0. The van der Waals surface area contributed by atoms with Gasteiger partial charge in [0.15, 0.2) is 5.92 Å². The number of halogens is 3. The number of rotatable bonds is 5. The first kappa shape index (κ1) is 21.5. The average Bonchev–Trinajstić information content (AvgIpc) is 2.50. The molecule has 2 aliphatic rings. The van der Waals surface area contributed by atoms with Gasteiger partial charge < -0.3 is 9.47 Å². The molecule has 2 aliphatic carbocycles. The Morgan fingerprint density at radius 1 is 0.769 bits per heavy atom. The number of esters is 1. The van der Waals surface area contributed by atoms with Gasteiger partial charge in [-0.25, -0.2) is 0 Å². The van der Waals surface area contributed by atoms with Crippen molar-refractivity contribution >= 4 is 5.97 Å². The molecular weight excluding hydrogens is 345 g/mol. The number of hydrogen-bond acceptors (Lipinski definition) is 3. The van der Waals surface area contributed by atoms with Gasteiger partial charge >= 0.3 is 12.1 Å². The summed E-state index contributed by atoms with van der Waals surface area (Å²) in [6.45, 7) is -0.611. The molecule has 3 nitrogen and oxygen atoms in total. The highest BCUT2D eigenvalue weighted by Crippen LogP contribution is 2.31. The quantitative estimate of drug-likeness (QED) is 0.555. The van der Waals surface area contributed by atoms with Crippen LogP contribution in [0.25, 0.3) is 0 Å². The van der Waals surface area contributed by atoms with E-state index in [0.717, 1.165) is 70.6 Å². The van der Waals surface area contributed by atoms with Gasteiger partial charge in [0.1, 0.15) is 6.10 Å². The van der Waals surface area contributed by atoms with Crippen LogP contribution in [-0.4, -0.2) is 31.0 Å². The van der Waals surface area contributed by atoms with E-state index in [1.807, 2.05) is 0 Å². The fraction of sp³-hybridized carbons (Fsp3) is 0.950. The van der Waals surface area contributed by atoms with E-state index in [9.17, 15) is 18.0 Å². The van der Waals surface area contributed by atoms with Gasteiger partial charge in [0.25, 0.3) is 0 Å². The Kier molecular flexibility index (Phi) is 9.23. The predicted molar refractivity (Wildman–Crippen MR) is 93.8 cm³/mol. The van der Waals surface area contributed by atoms with Crippen molar-refractivity contribution in [1.29, 1.82) is 0 Å². The fourth-order valence-electron chi connectivity index (χ4n) is 3.90. The SMILES string of the molecule is O=C(OC1CCCCCCC1)C(COC1CCCCCCC1)C(F)(F)F. The molecule has 0 amide bonds. The van der Waals surface area contributed by atoms with Crippen molar-refractivity contribution in [3.8, 4) is 0 Å². The highest BCUT2D eigenvalue weighted by atomic mass is 19.4. The molecule has 6 heteroatoms. The summed E-state index contributed by atoms with van der Waals surface area (Å²) in [7, 11) is 0. The second kappa shape index (κ2) is 11.2. The van der Waals surface area contributed by atoms with Crippen LogP contribution in [-0.2, 0) is 14.3 Å². The number of alkyl halides is 3. The highest BCUT2D eigenvalue weighted by Gasteiger charge is 2.47. The third kappa shape index (κ3) is 7.85. The summed E-state index contributed by atoms with van der Waals surface area (Å²) in [5.74, 6) is -3.33. The van der Waals surface area contributed by atoms with Crippen LogP contribution in [0.15, 0.2) is 0 Å². The van der Waals surface area contributed by atoms with Gasteiger partial charge in [-0.1, -0.05) is 51.4 Å². The molecule has 0 aromatic carbocycles. The molecule has 0 aromatic rings. The predicted octanol–water partition coefficient (Wildman–Crippen LogP) is 5.95. The fourth-order valence-corrected chi connectivity index (χ4v) is 3.90. The number of carbonyl (C=O) groups excluding carboxylic acids is 1. The molecule has 0 spiro atoms. The van der Waals surface area contributed by atoms with Crippen molar-refractivity contribution in [2.75, 3.05) is 6.61 Å². The second-order valence-corrected chi connectivity index (χ2v) is 7.80. The minimum absolute atomic E-state index is 0.172. The van der Waals surface area contributed by atoms with Crippen molar-refractivity contribution in [2.24, 2.45) is 5.92 Å². The zero-order chi connectivity index (χ0) is 18.8. The van der Waals surface area contributed by atoms with Crippen LogP contribution in [0, 0.1) is 5.92 Å². The first-order valence-corrected chi connectivity index (χ1v) is 10.4. The molecule has 0 radical (unpaired) electrons. The smallest absolute Gasteiger partial charge is 0.404 e. The van der Waals surface area contributed by atoms with Crippen LogP contribution in [0.5, 0.6) is 0 Å². The van der Waals surface area contributed by atoms with Crippen molar-refractivity contribution in [1.82, 2.24) is 0 Å². The first-order chi connectivity index (χ1) is 12.5. The maximum absolute atomic E-state index is 13.4. The summed E-state index contributed by atoms with van der Waals surface area (Å²) in [5, 5.41) is 0. The van der Waals surface area contributed by atoms with Crippen molar-refractivity contribution < 1.29 is 27.4 Å². The number of carbonyl (C=O) groups is 1. The lowest BCUT2D eigenvalue weighted by molar-refractivity contribution is -0.213. The second-order valence-electron chi connectivity index (χ2n) is 7.80. The molecule has 2 rings (SSSR count). The molecule has 0 aliphatic heterocycles. The lowest BCUT2D eigenvalue weighted by Crippen LogP contribution is -2.39. The van der Waals surface area contributed by atoms with Crippen molar-refractivity contribution in [3.63, 3.8) is 0 Å². The lowest BCUT2D eigenvalue weighted by atomic mass is 9.98. The topological polar surface area (TPSA) is 35.5 Å². The van der Waals surface area contributed by atoms with Crippen LogP contribution < -0.4 is 0 Å². The average molecular weight is 378 g/mol. The van der Waals surface area contributed by atoms with E-state index in [0.29, 0.717) is 12.8 Å². The zero-order valence-electron chi connectivity index (χ0n) is 15.7. The van der Waals surface area contributed by atoms with Crippen LogP contribution >= 0.6 is 0 Å². The van der Waals surface area contributed by atoms with Crippen LogP contribution in [0.3, 0.4) is 0 Å². The molecule has 2 fully saturated rings. The summed E-state index contributed by atoms with van der Waals surface area (Å²) >= 11 is 0. The van der Waals surface area contributed by atoms with Crippen molar-refractivity contribution in [2.45, 2.75) is 108 Å². The largest absolute Gasteiger partial charge is 0.462 e. The van der Waals surface area contributed by atoms with Gasteiger partial charge in [0.05, 0.1) is 12.7 Å². The van der Waals surface area contributed by atoms with E-state index in [2.05, 4.69) is 0 Å². The normalized spacial score (nSPS) is 23.3. The van der Waals surface area contributed by atoms with E-state index < -0.39 is 24.7 Å². The third-order valence-electron chi connectivity index (χ3n) is 5.57. The standard InChI is InChI=1S/C20H33F3O3/c21-20(22,23)18(15-25-16-11-7-3-1-4-8-12-16)19(24)26-17-13-9-5-2-6-10-14-17/h16-18H,1-15H2. The van der Waals surface area contributed by atoms with E-state index in [4.69, 9.17) is 9.47 Å². The maximum Gasteiger partial charge on any atom is 0.404 e. The molecule has 1 unspecified atom stereocenters. The first-order valence-electron chi connectivity index (χ1n) is 10.4. The minimum atomic E-state index is -4.62. The van der Waals surface area contributed by atoms with E-state index in [1.54, 1.807) is 0 Å². The Balaban J connectivity index is 1.87. The molecule has 152 valence electrons. The summed E-state index contributed by atoms with van der Waals surface area (Å²) in [6, 6.07) is 0. The molecular formula is C20H33F3O3. The Morgan fingerprint density at radius 2 is 1.19 bits per heavy atom. The summed E-state index contributed by atoms with van der Waals surface area (Å²) in [5.41, 5.74) is 0. The summed E-state index contributed by atoms with van der Waals surface area (Å²) in [6.07, 6.45) is 8.16. The molecule has 0 bridgehead atoms. The van der Waals surface area contributed by atoms with Gasteiger partial charge in [-0.2, -0.15) is 13.2 Å². The van der Waals surface area contributed by atoms with Gasteiger partial charge in [0, 0.05) is 0 Å². The van der Waals surface area contributed by atoms with Gasteiger partial charge in [-0.3, -0.25) is 4.79 Å². The van der Waals surface area contributed by atoms with E-state index in [1.165, 1.54) is 6.42 Å². The number of hydrogen-bond donors (Lipinski definition) is 0. The molecule has 1 atom stereocenters. The minimum Gasteiger partial charge on any atom is -0.462 e. The maximum atomic E-state index is 13.4. The van der Waals surface area contributed by atoms with Crippen LogP contribution in [0.2, 0.25) is 0 Å². The van der Waals surface area contributed by atoms with Crippen LogP contribution in [0.4, 0.5) is 13.2 Å². The molecule has 0 heterocycles. The Hall–Kier alpha value is -0.780. The van der Waals surface area contributed by atoms with Gasteiger partial charge in [0.2, 0.25) is 0 Å². The zero-order valence-corrected chi connectivity index (χ0v) is 15.7. The van der Waals surface area contributed by atoms with Gasteiger partial charge in [-0.15, -0.1) is 0 Å². The summed E-state index contributed by atoms with van der Waals surface area (Å²) in [4.78, 5) is 12.2. The third-order valence-corrected chi connectivity index (χ3v) is 5.57. The molecule has 26 heavy (non-hydrogen) atoms.